The molecule has 0 atom stereocenters. The first-order valence-corrected chi connectivity index (χ1v) is 16.6. The summed E-state index contributed by atoms with van der Waals surface area (Å²) in [6.07, 6.45) is 0.688. The summed E-state index contributed by atoms with van der Waals surface area (Å²) in [4.78, 5) is 28.9. The van der Waals surface area contributed by atoms with Crippen LogP contribution in [0.2, 0.25) is 0 Å². The van der Waals surface area contributed by atoms with E-state index in [0.717, 1.165) is 32.7 Å². The summed E-state index contributed by atoms with van der Waals surface area (Å²) in [5.41, 5.74) is 1.01. The Morgan fingerprint density at radius 1 is 0.882 bits per heavy atom. The lowest BCUT2D eigenvalue weighted by atomic mass is 10.1. The van der Waals surface area contributed by atoms with Crippen molar-refractivity contribution in [2.75, 3.05) is 78.0 Å². The topological polar surface area (TPSA) is 120 Å². The maximum absolute atomic E-state index is 15.1. The summed E-state index contributed by atoms with van der Waals surface area (Å²) in [5, 5.41) is 3.02. The molecule has 51 heavy (non-hydrogen) atoms. The van der Waals surface area contributed by atoms with Gasteiger partial charge in [-0.1, -0.05) is 6.07 Å². The Kier molecular flexibility index (Phi) is 12.7. The van der Waals surface area contributed by atoms with Gasteiger partial charge in [-0.25, -0.2) is 14.2 Å². The highest BCUT2D eigenvalue weighted by Crippen LogP contribution is 2.38. The van der Waals surface area contributed by atoms with E-state index in [2.05, 4.69) is 38.9 Å². The number of aromatic nitrogens is 2. The van der Waals surface area contributed by atoms with Gasteiger partial charge < -0.3 is 33.7 Å². The summed E-state index contributed by atoms with van der Waals surface area (Å²) in [6, 6.07) is 16.9. The Hall–Kier alpha value is -5.34. The number of carbonyl (C=O) groups is 1. The Balaban J connectivity index is 1.33. The zero-order valence-corrected chi connectivity index (χ0v) is 29.8. The average molecular weight is 705 g/mol. The van der Waals surface area contributed by atoms with Crippen LogP contribution in [0.4, 0.5) is 26.6 Å². The third-order valence-electron chi connectivity index (χ3n) is 8.52. The van der Waals surface area contributed by atoms with Gasteiger partial charge in [0.25, 0.3) is 0 Å². The number of nitrogens with one attached hydrogen (secondary N) is 1. The SMILES string of the molecule is COc1ccc(OC)c(CN(C(=O)Oc2c(OC)cccc2OC)c2ccnc(Nc3ccc(OCCN4CCN(C(C)C)CC4)c(F)c3)n2)c1. The molecule has 14 heteroatoms. The molecule has 1 aliphatic heterocycles. The third-order valence-corrected chi connectivity index (χ3v) is 8.52. The van der Waals surface area contributed by atoms with E-state index in [1.165, 1.54) is 38.5 Å². The molecule has 4 aromatic rings. The maximum Gasteiger partial charge on any atom is 0.421 e. The highest BCUT2D eigenvalue weighted by molar-refractivity contribution is 5.89. The molecule has 2 heterocycles. The van der Waals surface area contributed by atoms with Crippen LogP contribution in [0, 0.1) is 5.82 Å². The van der Waals surface area contributed by atoms with Gasteiger partial charge in [-0.3, -0.25) is 14.7 Å². The van der Waals surface area contributed by atoms with Crippen molar-refractivity contribution in [1.29, 1.82) is 0 Å². The Morgan fingerprint density at radius 2 is 1.59 bits per heavy atom. The molecule has 13 nitrogen and oxygen atoms in total. The van der Waals surface area contributed by atoms with E-state index in [9.17, 15) is 4.79 Å². The van der Waals surface area contributed by atoms with Crippen molar-refractivity contribution in [3.63, 3.8) is 0 Å². The normalized spacial score (nSPS) is 13.4. The van der Waals surface area contributed by atoms with Gasteiger partial charge in [0.15, 0.2) is 23.1 Å². The highest BCUT2D eigenvalue weighted by atomic mass is 19.1. The van der Waals surface area contributed by atoms with Crippen LogP contribution < -0.4 is 38.6 Å². The fraction of sp³-hybridized carbons (Fsp3) is 0.378. The fourth-order valence-corrected chi connectivity index (χ4v) is 5.65. The molecule has 0 unspecified atom stereocenters. The minimum absolute atomic E-state index is 0.0266. The van der Waals surface area contributed by atoms with Crippen molar-refractivity contribution in [2.24, 2.45) is 0 Å². The summed E-state index contributed by atoms with van der Waals surface area (Å²) < 4.78 is 48.6. The number of ether oxygens (including phenoxy) is 6. The van der Waals surface area contributed by atoms with Crippen LogP contribution in [0.5, 0.6) is 34.5 Å². The molecular formula is C37H45FN6O7. The molecule has 0 aliphatic carbocycles. The molecule has 1 saturated heterocycles. The molecule has 1 aromatic heterocycles. The van der Waals surface area contributed by atoms with Crippen LogP contribution in [0.25, 0.3) is 0 Å². The van der Waals surface area contributed by atoms with Gasteiger partial charge in [0, 0.05) is 62.3 Å². The monoisotopic (exact) mass is 704 g/mol. The average Bonchev–Trinajstić information content (AvgIpc) is 3.14. The number of piperazine rings is 1. The summed E-state index contributed by atoms with van der Waals surface area (Å²) in [6.45, 7) is 9.43. The van der Waals surface area contributed by atoms with E-state index in [1.54, 1.807) is 61.7 Å². The van der Waals surface area contributed by atoms with E-state index in [0.29, 0.717) is 46.9 Å². The number of methoxy groups -OCH3 is 4. The second-order valence-corrected chi connectivity index (χ2v) is 12.0. The predicted octanol–water partition coefficient (Wildman–Crippen LogP) is 6.00. The molecule has 0 bridgehead atoms. The van der Waals surface area contributed by atoms with Crippen LogP contribution in [0.3, 0.4) is 0 Å². The number of carbonyl (C=O) groups excluding carboxylic acids is 1. The molecular weight excluding hydrogens is 659 g/mol. The van der Waals surface area contributed by atoms with Crippen LogP contribution in [-0.2, 0) is 6.54 Å². The fourth-order valence-electron chi connectivity index (χ4n) is 5.65. The zero-order valence-electron chi connectivity index (χ0n) is 29.8. The Labute approximate surface area is 297 Å². The number of hydrogen-bond donors (Lipinski definition) is 1. The van der Waals surface area contributed by atoms with E-state index >= 15 is 4.39 Å². The van der Waals surface area contributed by atoms with Crippen molar-refractivity contribution in [2.45, 2.75) is 26.4 Å². The molecule has 1 aliphatic rings. The largest absolute Gasteiger partial charge is 0.497 e. The standard InChI is InChI=1S/C37H45FN6O7/c1-25(2)43-18-16-42(17-19-43)20-21-50-31-12-10-27(23-29(31)38)40-36-39-15-14-34(41-36)44(24-26-22-28(46-3)11-13-30(26)47-4)37(45)51-35-32(48-5)8-7-9-33(35)49-6/h7-15,22-23,25H,16-21,24H2,1-6H3,(H,39,40,41). The van der Waals surface area contributed by atoms with Gasteiger partial charge in [-0.05, 0) is 62.4 Å². The van der Waals surface area contributed by atoms with Gasteiger partial charge in [0.05, 0.1) is 35.0 Å². The smallest absolute Gasteiger partial charge is 0.421 e. The Morgan fingerprint density at radius 3 is 2.24 bits per heavy atom. The summed E-state index contributed by atoms with van der Waals surface area (Å²) in [5.74, 6) is 1.70. The van der Waals surface area contributed by atoms with E-state index in [4.69, 9.17) is 28.4 Å². The Bertz CT molecular complexity index is 1750. The number of benzene rings is 3. The number of halogens is 1. The third kappa shape index (κ3) is 9.47. The minimum atomic E-state index is -0.790. The molecule has 1 amide bonds. The van der Waals surface area contributed by atoms with Gasteiger partial charge in [-0.15, -0.1) is 0 Å². The number of anilines is 3. The van der Waals surface area contributed by atoms with Gasteiger partial charge in [0.1, 0.15) is 23.9 Å². The first-order valence-electron chi connectivity index (χ1n) is 16.6. The second kappa shape index (κ2) is 17.5. The molecule has 272 valence electrons. The number of rotatable bonds is 15. The van der Waals surface area contributed by atoms with Crippen LogP contribution in [0.1, 0.15) is 19.4 Å². The molecule has 1 fully saturated rings. The van der Waals surface area contributed by atoms with Gasteiger partial charge in [0.2, 0.25) is 11.7 Å². The first-order chi connectivity index (χ1) is 24.7. The quantitative estimate of drug-likeness (QED) is 0.156. The number of amides is 1. The molecule has 0 radical (unpaired) electrons. The van der Waals surface area contributed by atoms with E-state index in [-0.39, 0.29) is 29.8 Å². The lowest BCUT2D eigenvalue weighted by Gasteiger charge is -2.36. The van der Waals surface area contributed by atoms with Crippen molar-refractivity contribution in [1.82, 2.24) is 19.8 Å². The predicted molar refractivity (Wildman–Crippen MR) is 192 cm³/mol. The number of nitrogens with zero attached hydrogens (tertiary/aromatic N) is 5. The lowest BCUT2D eigenvalue weighted by Crippen LogP contribution is -2.49. The molecule has 0 spiro atoms. The lowest BCUT2D eigenvalue weighted by molar-refractivity contribution is 0.0965. The molecule has 1 N–H and O–H groups in total. The molecule has 5 rings (SSSR count). The van der Waals surface area contributed by atoms with Gasteiger partial charge >= 0.3 is 6.09 Å². The van der Waals surface area contributed by atoms with Gasteiger partial charge in [-0.2, -0.15) is 4.98 Å². The van der Waals surface area contributed by atoms with E-state index < -0.39 is 11.9 Å². The van der Waals surface area contributed by atoms with E-state index in [1.807, 2.05) is 0 Å². The number of para-hydroxylation sites is 1. The molecule has 3 aromatic carbocycles. The maximum atomic E-state index is 15.1. The van der Waals surface area contributed by atoms with Crippen LogP contribution >= 0.6 is 0 Å². The van der Waals surface area contributed by atoms with Crippen molar-refractivity contribution in [3.05, 3.63) is 78.2 Å². The highest BCUT2D eigenvalue weighted by Gasteiger charge is 2.26. The van der Waals surface area contributed by atoms with Crippen LogP contribution in [0.15, 0.2) is 66.9 Å². The van der Waals surface area contributed by atoms with Crippen molar-refractivity contribution in [3.8, 4) is 34.5 Å². The number of hydrogen-bond acceptors (Lipinski definition) is 12. The summed E-state index contributed by atoms with van der Waals surface area (Å²) in [7, 11) is 6.01. The zero-order chi connectivity index (χ0) is 36.3. The molecule has 0 saturated carbocycles. The summed E-state index contributed by atoms with van der Waals surface area (Å²) >= 11 is 0. The van der Waals surface area contributed by atoms with Crippen molar-refractivity contribution >= 4 is 23.5 Å². The van der Waals surface area contributed by atoms with Crippen molar-refractivity contribution < 1.29 is 37.6 Å². The second-order valence-electron chi connectivity index (χ2n) is 12.0. The first kappa shape index (κ1) is 36.9. The minimum Gasteiger partial charge on any atom is -0.497 e. The van der Waals surface area contributed by atoms with Crippen LogP contribution in [-0.4, -0.2) is 99.7 Å².